The Labute approximate surface area is 195 Å². The molecule has 0 fully saturated rings. The van der Waals surface area contributed by atoms with E-state index in [4.69, 9.17) is 4.99 Å². The second-order valence-electron chi connectivity index (χ2n) is 9.36. The number of anilines is 1. The molecule has 0 aromatic heterocycles. The molecule has 1 aliphatic heterocycles. The Morgan fingerprint density at radius 3 is 2.09 bits per heavy atom. The smallest absolute Gasteiger partial charge is 0.185 e. The van der Waals surface area contributed by atoms with E-state index in [0.29, 0.717) is 11.7 Å². The highest BCUT2D eigenvalue weighted by Gasteiger charge is 2.37. The number of benzene rings is 3. The van der Waals surface area contributed by atoms with Crippen LogP contribution in [0.15, 0.2) is 83.9 Å². The zero-order valence-corrected chi connectivity index (χ0v) is 20.8. The van der Waals surface area contributed by atoms with Crippen LogP contribution in [-0.4, -0.2) is 43.5 Å². The van der Waals surface area contributed by atoms with E-state index >= 15 is 0 Å². The quantitative estimate of drug-likeness (QED) is 0.292. The third-order valence-electron chi connectivity index (χ3n) is 6.74. The van der Waals surface area contributed by atoms with E-state index in [2.05, 4.69) is 125 Å². The van der Waals surface area contributed by atoms with Crippen LogP contribution in [0.25, 0.3) is 0 Å². The van der Waals surface area contributed by atoms with E-state index < -0.39 is 0 Å². The highest BCUT2D eigenvalue weighted by atomic mass is 31.1. The maximum Gasteiger partial charge on any atom is 0.185 e. The average Bonchev–Trinajstić information content (AvgIpc) is 3.16. The molecule has 0 bridgehead atoms. The number of nitrogens with one attached hydrogen (secondary N) is 1. The molecule has 3 aromatic rings. The van der Waals surface area contributed by atoms with Gasteiger partial charge in [0.05, 0.1) is 17.1 Å². The molecule has 5 heteroatoms. The topological polar surface area (TPSA) is 27.6 Å². The molecule has 32 heavy (non-hydrogen) atoms. The molecule has 3 unspecified atom stereocenters. The number of para-hydroxylation sites is 1. The van der Waals surface area contributed by atoms with E-state index in [1.54, 1.807) is 0 Å². The Kier molecular flexibility index (Phi) is 6.83. The first-order valence-corrected chi connectivity index (χ1v) is 12.9. The van der Waals surface area contributed by atoms with Gasteiger partial charge in [-0.3, -0.25) is 0 Å². The Morgan fingerprint density at radius 1 is 0.969 bits per heavy atom. The van der Waals surface area contributed by atoms with Crippen molar-refractivity contribution in [2.75, 3.05) is 19.0 Å². The SMILES string of the molecule is BN(C)C(C)(C)CC1c2cccc(N=C(c3ccccc3)c3ccccc3)c2NC1PC. The van der Waals surface area contributed by atoms with Crippen LogP contribution in [0.4, 0.5) is 11.4 Å². The van der Waals surface area contributed by atoms with Gasteiger partial charge in [0.25, 0.3) is 0 Å². The molecule has 3 atom stereocenters. The van der Waals surface area contributed by atoms with Gasteiger partial charge in [0.1, 0.15) is 0 Å². The molecule has 1 aliphatic rings. The van der Waals surface area contributed by atoms with Crippen molar-refractivity contribution < 1.29 is 0 Å². The van der Waals surface area contributed by atoms with Gasteiger partial charge < -0.3 is 10.1 Å². The van der Waals surface area contributed by atoms with Crippen LogP contribution in [-0.2, 0) is 0 Å². The lowest BCUT2D eigenvalue weighted by Crippen LogP contribution is -2.41. The second kappa shape index (κ2) is 9.61. The summed E-state index contributed by atoms with van der Waals surface area (Å²) in [7, 11) is 5.19. The minimum Gasteiger partial charge on any atom is -0.376 e. The summed E-state index contributed by atoms with van der Waals surface area (Å²) < 4.78 is 0. The van der Waals surface area contributed by atoms with Crippen LogP contribution in [0.1, 0.15) is 42.9 Å². The standard InChI is InChI=1S/C27H33BN3P/c1-27(2,31(3)28)18-22-21-16-11-17-23(25(21)30-26(22)32-4)29-24(19-12-7-5-8-13-19)20-14-9-6-10-15-20/h5-17,22,26,30,32H,18,28H2,1-4H3. The molecule has 1 N–H and O–H groups in total. The average molecular weight is 441 g/mol. The maximum atomic E-state index is 5.25. The fourth-order valence-electron chi connectivity index (χ4n) is 4.38. The molecule has 164 valence electrons. The predicted molar refractivity (Wildman–Crippen MR) is 144 cm³/mol. The van der Waals surface area contributed by atoms with Crippen molar-refractivity contribution in [3.05, 3.63) is 95.6 Å². The molecule has 0 saturated carbocycles. The minimum atomic E-state index is 0.129. The van der Waals surface area contributed by atoms with Gasteiger partial charge in [0, 0.05) is 28.4 Å². The molecular formula is C27H33BN3P. The van der Waals surface area contributed by atoms with Crippen LogP contribution in [0, 0.1) is 0 Å². The van der Waals surface area contributed by atoms with Crippen molar-refractivity contribution in [2.45, 2.75) is 37.5 Å². The molecule has 0 aliphatic carbocycles. The largest absolute Gasteiger partial charge is 0.376 e. The van der Waals surface area contributed by atoms with Gasteiger partial charge in [0.2, 0.25) is 0 Å². The van der Waals surface area contributed by atoms with Gasteiger partial charge in [-0.25, -0.2) is 4.99 Å². The predicted octanol–water partition coefficient (Wildman–Crippen LogP) is 5.65. The lowest BCUT2D eigenvalue weighted by Gasteiger charge is -2.37. The Morgan fingerprint density at radius 2 is 1.56 bits per heavy atom. The molecular weight excluding hydrogens is 408 g/mol. The summed E-state index contributed by atoms with van der Waals surface area (Å²) in [6.45, 7) is 6.99. The molecule has 3 aromatic carbocycles. The number of aliphatic imine (C=N–C) groups is 1. The number of nitrogens with zero attached hydrogens (tertiary/aromatic N) is 2. The van der Waals surface area contributed by atoms with E-state index in [-0.39, 0.29) is 5.54 Å². The number of rotatable bonds is 7. The zero-order chi connectivity index (χ0) is 22.7. The highest BCUT2D eigenvalue weighted by molar-refractivity contribution is 7.38. The molecule has 1 heterocycles. The molecule has 0 spiro atoms. The summed E-state index contributed by atoms with van der Waals surface area (Å²) in [6.07, 6.45) is 1.11. The van der Waals surface area contributed by atoms with Crippen LogP contribution >= 0.6 is 8.58 Å². The van der Waals surface area contributed by atoms with Crippen molar-refractivity contribution in [1.29, 1.82) is 0 Å². The van der Waals surface area contributed by atoms with Gasteiger partial charge in [-0.05, 0) is 45.6 Å². The summed E-state index contributed by atoms with van der Waals surface area (Å²) in [6, 6.07) is 27.6. The van der Waals surface area contributed by atoms with E-state index in [1.165, 1.54) is 11.3 Å². The molecule has 0 radical (unpaired) electrons. The van der Waals surface area contributed by atoms with Crippen molar-refractivity contribution in [3.63, 3.8) is 0 Å². The minimum absolute atomic E-state index is 0.129. The normalized spacial score (nSPS) is 18.0. The van der Waals surface area contributed by atoms with Gasteiger partial charge in [0.15, 0.2) is 7.98 Å². The van der Waals surface area contributed by atoms with Crippen LogP contribution in [0.3, 0.4) is 0 Å². The van der Waals surface area contributed by atoms with Crippen LogP contribution < -0.4 is 5.32 Å². The van der Waals surface area contributed by atoms with Gasteiger partial charge in [-0.15, -0.1) is 8.58 Å². The molecule has 0 amide bonds. The van der Waals surface area contributed by atoms with Crippen molar-refractivity contribution >= 4 is 33.6 Å². The summed E-state index contributed by atoms with van der Waals surface area (Å²) >= 11 is 0. The number of hydrogen-bond acceptors (Lipinski definition) is 3. The summed E-state index contributed by atoms with van der Waals surface area (Å²) in [5.74, 6) is 0.940. The van der Waals surface area contributed by atoms with Gasteiger partial charge in [-0.1, -0.05) is 72.8 Å². The third kappa shape index (κ3) is 4.67. The zero-order valence-electron chi connectivity index (χ0n) is 19.8. The van der Waals surface area contributed by atoms with E-state index in [0.717, 1.165) is 37.5 Å². The Balaban J connectivity index is 1.80. The summed E-state index contributed by atoms with van der Waals surface area (Å²) in [5, 5.41) is 3.86. The first kappa shape index (κ1) is 22.8. The lowest BCUT2D eigenvalue weighted by molar-refractivity contribution is 0.242. The first-order chi connectivity index (χ1) is 15.4. The highest BCUT2D eigenvalue weighted by Crippen LogP contribution is 2.49. The van der Waals surface area contributed by atoms with Crippen molar-refractivity contribution in [2.24, 2.45) is 4.99 Å². The number of fused-ring (bicyclic) bond motifs is 1. The maximum absolute atomic E-state index is 5.25. The molecule has 3 nitrogen and oxygen atoms in total. The van der Waals surface area contributed by atoms with Crippen molar-refractivity contribution in [1.82, 2.24) is 4.81 Å². The third-order valence-corrected chi connectivity index (χ3v) is 7.91. The van der Waals surface area contributed by atoms with Gasteiger partial charge >= 0.3 is 0 Å². The molecule has 0 saturated heterocycles. The fourth-order valence-corrected chi connectivity index (χ4v) is 5.37. The first-order valence-electron chi connectivity index (χ1n) is 11.3. The Bertz CT molecular complexity index is 1040. The van der Waals surface area contributed by atoms with Crippen LogP contribution in [0.5, 0.6) is 0 Å². The van der Waals surface area contributed by atoms with Crippen molar-refractivity contribution in [3.8, 4) is 0 Å². The second-order valence-corrected chi connectivity index (χ2v) is 10.6. The number of hydrogen-bond donors (Lipinski definition) is 1. The molecule has 4 rings (SSSR count). The van der Waals surface area contributed by atoms with E-state index in [1.807, 2.05) is 0 Å². The summed E-state index contributed by atoms with van der Waals surface area (Å²) in [4.78, 5) is 7.59. The monoisotopic (exact) mass is 441 g/mol. The van der Waals surface area contributed by atoms with E-state index in [9.17, 15) is 0 Å². The summed E-state index contributed by atoms with van der Waals surface area (Å²) in [5.41, 5.74) is 7.04. The lowest BCUT2D eigenvalue weighted by atomic mass is 9.84. The van der Waals surface area contributed by atoms with Gasteiger partial charge in [-0.2, -0.15) is 0 Å². The van der Waals surface area contributed by atoms with Crippen LogP contribution in [0.2, 0.25) is 0 Å². The Hall–Kier alpha value is -2.42. The fraction of sp³-hybridized carbons (Fsp3) is 0.296.